The second-order valence-electron chi connectivity index (χ2n) is 4.62. The van der Waals surface area contributed by atoms with E-state index >= 15 is 0 Å². The fourth-order valence-corrected chi connectivity index (χ4v) is 1.52. The highest BCUT2D eigenvalue weighted by molar-refractivity contribution is 7.80. The summed E-state index contributed by atoms with van der Waals surface area (Å²) in [6, 6.07) is 3.14. The van der Waals surface area contributed by atoms with Gasteiger partial charge in [-0.25, -0.2) is 0 Å². The molecule has 0 fully saturated rings. The average Bonchev–Trinajstić information content (AvgIpc) is 2.20. The third-order valence-electron chi connectivity index (χ3n) is 2.75. The van der Waals surface area contributed by atoms with Crippen molar-refractivity contribution in [3.05, 3.63) is 34.7 Å². The number of pyridine rings is 1. The number of hydrogen-bond acceptors (Lipinski definition) is 2. The normalized spacial score (nSPS) is 11.4. The van der Waals surface area contributed by atoms with E-state index in [2.05, 4.69) is 13.8 Å². The van der Waals surface area contributed by atoms with Gasteiger partial charge in [-0.15, -0.1) is 0 Å². The molecule has 2 N–H and O–H groups in total. The Labute approximate surface area is 101 Å². The molecular formula is C12H18N2OS. The second-order valence-corrected chi connectivity index (χ2v) is 5.06. The number of hydrogen-bond donors (Lipinski definition) is 1. The van der Waals surface area contributed by atoms with Crippen LogP contribution in [0.4, 0.5) is 0 Å². The SMILES string of the molecule is CC(C)(CCCn1ccc(=O)cc1)C(N)=S. The average molecular weight is 238 g/mol. The van der Waals surface area contributed by atoms with E-state index in [4.69, 9.17) is 18.0 Å². The summed E-state index contributed by atoms with van der Waals surface area (Å²) in [5.74, 6) is 0. The van der Waals surface area contributed by atoms with Gasteiger partial charge in [-0.3, -0.25) is 4.79 Å². The zero-order valence-electron chi connectivity index (χ0n) is 9.77. The maximum atomic E-state index is 10.9. The molecular weight excluding hydrogens is 220 g/mol. The lowest BCUT2D eigenvalue weighted by molar-refractivity contribution is 0.436. The van der Waals surface area contributed by atoms with E-state index in [-0.39, 0.29) is 10.8 Å². The van der Waals surface area contributed by atoms with Crippen molar-refractivity contribution in [1.82, 2.24) is 4.57 Å². The Hall–Kier alpha value is -1.16. The van der Waals surface area contributed by atoms with Crippen molar-refractivity contribution in [3.8, 4) is 0 Å². The van der Waals surface area contributed by atoms with Crippen LogP contribution < -0.4 is 11.2 Å². The van der Waals surface area contributed by atoms with E-state index in [0.29, 0.717) is 4.99 Å². The molecule has 0 spiro atoms. The fourth-order valence-electron chi connectivity index (χ4n) is 1.42. The van der Waals surface area contributed by atoms with E-state index in [1.807, 2.05) is 4.57 Å². The van der Waals surface area contributed by atoms with Crippen molar-refractivity contribution in [3.63, 3.8) is 0 Å². The summed E-state index contributed by atoms with van der Waals surface area (Å²) in [6.45, 7) is 4.99. The topological polar surface area (TPSA) is 48.0 Å². The highest BCUT2D eigenvalue weighted by atomic mass is 32.1. The number of aryl methyl sites for hydroxylation is 1. The predicted octanol–water partition coefficient (Wildman–Crippen LogP) is 1.94. The van der Waals surface area contributed by atoms with Crippen LogP contribution >= 0.6 is 12.2 Å². The third kappa shape index (κ3) is 3.77. The molecule has 88 valence electrons. The molecule has 0 amide bonds. The summed E-state index contributed by atoms with van der Waals surface area (Å²) in [5, 5.41) is 0. The molecule has 0 aliphatic carbocycles. The number of rotatable bonds is 5. The Morgan fingerprint density at radius 1 is 1.44 bits per heavy atom. The summed E-state index contributed by atoms with van der Waals surface area (Å²) in [5.41, 5.74) is 5.61. The first-order chi connectivity index (χ1) is 7.42. The number of thiocarbonyl (C=S) groups is 1. The minimum Gasteiger partial charge on any atom is -0.393 e. The second kappa shape index (κ2) is 5.25. The molecule has 1 aromatic heterocycles. The van der Waals surface area contributed by atoms with Gasteiger partial charge >= 0.3 is 0 Å². The first kappa shape index (κ1) is 12.9. The van der Waals surface area contributed by atoms with E-state index in [0.717, 1.165) is 19.4 Å². The zero-order chi connectivity index (χ0) is 12.2. The smallest absolute Gasteiger partial charge is 0.181 e. The minimum atomic E-state index is -0.0889. The van der Waals surface area contributed by atoms with Gasteiger partial charge in [0.1, 0.15) is 0 Å². The Bertz CT molecular complexity index is 403. The predicted molar refractivity (Wildman–Crippen MR) is 70.5 cm³/mol. The van der Waals surface area contributed by atoms with Crippen molar-refractivity contribution in [2.75, 3.05) is 0 Å². The maximum Gasteiger partial charge on any atom is 0.181 e. The molecule has 4 heteroatoms. The van der Waals surface area contributed by atoms with E-state index in [9.17, 15) is 4.79 Å². The molecule has 3 nitrogen and oxygen atoms in total. The summed E-state index contributed by atoms with van der Waals surface area (Å²) in [4.78, 5) is 11.5. The van der Waals surface area contributed by atoms with E-state index in [1.54, 1.807) is 24.5 Å². The Kier molecular flexibility index (Phi) is 4.24. The third-order valence-corrected chi connectivity index (χ3v) is 3.30. The monoisotopic (exact) mass is 238 g/mol. The summed E-state index contributed by atoms with van der Waals surface area (Å²) in [6.07, 6.45) is 5.55. The first-order valence-electron chi connectivity index (χ1n) is 5.38. The van der Waals surface area contributed by atoms with Crippen LogP contribution in [0.3, 0.4) is 0 Å². The minimum absolute atomic E-state index is 0.0414. The van der Waals surface area contributed by atoms with Gasteiger partial charge in [0.15, 0.2) is 5.43 Å². The zero-order valence-corrected chi connectivity index (χ0v) is 10.6. The molecule has 1 rings (SSSR count). The van der Waals surface area contributed by atoms with Gasteiger partial charge in [-0.05, 0) is 12.8 Å². The first-order valence-corrected chi connectivity index (χ1v) is 5.79. The Morgan fingerprint density at radius 3 is 2.50 bits per heavy atom. The molecule has 0 atom stereocenters. The van der Waals surface area contributed by atoms with Gasteiger partial charge in [0, 0.05) is 36.5 Å². The Morgan fingerprint density at radius 2 is 2.00 bits per heavy atom. The molecule has 16 heavy (non-hydrogen) atoms. The number of nitrogens with two attached hydrogens (primary N) is 1. The standard InChI is InChI=1S/C12H18N2OS/c1-12(2,11(13)16)6-3-7-14-8-4-10(15)5-9-14/h4-5,8-9H,3,6-7H2,1-2H3,(H2,13,16). The van der Waals surface area contributed by atoms with Gasteiger partial charge in [0.2, 0.25) is 0 Å². The molecule has 1 heterocycles. The van der Waals surface area contributed by atoms with Gasteiger partial charge in [0.25, 0.3) is 0 Å². The van der Waals surface area contributed by atoms with Gasteiger partial charge < -0.3 is 10.3 Å². The molecule has 0 saturated heterocycles. The molecule has 0 aliphatic rings. The molecule has 0 saturated carbocycles. The number of aromatic nitrogens is 1. The van der Waals surface area contributed by atoms with Gasteiger partial charge in [-0.1, -0.05) is 26.1 Å². The van der Waals surface area contributed by atoms with Crippen LogP contribution in [0.25, 0.3) is 0 Å². The molecule has 0 aliphatic heterocycles. The van der Waals surface area contributed by atoms with Crippen LogP contribution in [-0.4, -0.2) is 9.56 Å². The quantitative estimate of drug-likeness (QED) is 0.798. The van der Waals surface area contributed by atoms with Crippen LogP contribution in [0.15, 0.2) is 29.3 Å². The van der Waals surface area contributed by atoms with Crippen molar-refractivity contribution in [1.29, 1.82) is 0 Å². The van der Waals surface area contributed by atoms with Crippen molar-refractivity contribution in [2.24, 2.45) is 11.1 Å². The fraction of sp³-hybridized carbons (Fsp3) is 0.500. The largest absolute Gasteiger partial charge is 0.393 e. The molecule has 1 aromatic rings. The van der Waals surface area contributed by atoms with Crippen molar-refractivity contribution >= 4 is 17.2 Å². The lowest BCUT2D eigenvalue weighted by atomic mass is 9.88. The van der Waals surface area contributed by atoms with E-state index in [1.165, 1.54) is 0 Å². The van der Waals surface area contributed by atoms with Crippen LogP contribution in [0.5, 0.6) is 0 Å². The molecule has 0 bridgehead atoms. The molecule has 0 unspecified atom stereocenters. The Balaban J connectivity index is 2.44. The van der Waals surface area contributed by atoms with Crippen LogP contribution in [0.1, 0.15) is 26.7 Å². The van der Waals surface area contributed by atoms with Crippen LogP contribution in [0.2, 0.25) is 0 Å². The summed E-state index contributed by atoms with van der Waals surface area (Å²) >= 11 is 5.01. The lowest BCUT2D eigenvalue weighted by Crippen LogP contribution is -2.29. The summed E-state index contributed by atoms with van der Waals surface area (Å²) < 4.78 is 2.00. The van der Waals surface area contributed by atoms with Crippen LogP contribution in [-0.2, 0) is 6.54 Å². The highest BCUT2D eigenvalue weighted by Gasteiger charge is 2.20. The highest BCUT2D eigenvalue weighted by Crippen LogP contribution is 2.22. The van der Waals surface area contributed by atoms with Gasteiger partial charge in [0.05, 0.1) is 4.99 Å². The lowest BCUT2D eigenvalue weighted by Gasteiger charge is -2.22. The van der Waals surface area contributed by atoms with Gasteiger partial charge in [-0.2, -0.15) is 0 Å². The van der Waals surface area contributed by atoms with Crippen molar-refractivity contribution in [2.45, 2.75) is 33.2 Å². The number of nitrogens with zero attached hydrogens (tertiary/aromatic N) is 1. The van der Waals surface area contributed by atoms with Crippen molar-refractivity contribution < 1.29 is 0 Å². The molecule has 0 aromatic carbocycles. The molecule has 0 radical (unpaired) electrons. The van der Waals surface area contributed by atoms with Crippen LogP contribution in [0, 0.1) is 5.41 Å². The summed E-state index contributed by atoms with van der Waals surface area (Å²) in [7, 11) is 0. The maximum absolute atomic E-state index is 10.9. The van der Waals surface area contributed by atoms with E-state index < -0.39 is 0 Å².